The minimum atomic E-state index is -1.31. The monoisotopic (exact) mass is 551 g/mol. The summed E-state index contributed by atoms with van der Waals surface area (Å²) in [6.07, 6.45) is 6.79. The van der Waals surface area contributed by atoms with E-state index in [-0.39, 0.29) is 56.3 Å². The molecular weight excluding hydrogens is 514 g/mol. The second-order valence-corrected chi connectivity index (χ2v) is 11.0. The highest BCUT2D eigenvalue weighted by molar-refractivity contribution is 5.99. The SMILES string of the molecule is CC(C)N1C/C=C\CCC(=O)NC[C@H](c2ccccc2)OC(=O)[C@@H]2[C@H]3C(=O)N(CCCO)[C@H](C1=O)[C@]31C=C[C@H]2O1. The average molecular weight is 552 g/mol. The Morgan fingerprint density at radius 2 is 1.88 bits per heavy atom. The van der Waals surface area contributed by atoms with Crippen LogP contribution in [0.3, 0.4) is 0 Å². The number of hydrogen-bond donors (Lipinski definition) is 2. The minimum Gasteiger partial charge on any atom is -0.455 e. The van der Waals surface area contributed by atoms with Crippen LogP contribution in [0.25, 0.3) is 0 Å². The molecule has 0 saturated carbocycles. The summed E-state index contributed by atoms with van der Waals surface area (Å²) in [7, 11) is 0. The normalized spacial score (nSPS) is 33.4. The fourth-order valence-corrected chi connectivity index (χ4v) is 6.34. The number of aliphatic hydroxyl groups excluding tert-OH is 1. The van der Waals surface area contributed by atoms with Crippen LogP contribution in [-0.2, 0) is 28.7 Å². The van der Waals surface area contributed by atoms with Crippen LogP contribution in [0.2, 0.25) is 0 Å². The number of rotatable bonds is 5. The number of fused-ring (bicyclic) bond motifs is 2. The van der Waals surface area contributed by atoms with Gasteiger partial charge in [-0.2, -0.15) is 0 Å². The molecule has 2 saturated heterocycles. The highest BCUT2D eigenvalue weighted by atomic mass is 16.6. The van der Waals surface area contributed by atoms with Crippen molar-refractivity contribution in [3.63, 3.8) is 0 Å². The fourth-order valence-electron chi connectivity index (χ4n) is 6.34. The van der Waals surface area contributed by atoms with Gasteiger partial charge in [0, 0.05) is 32.2 Å². The number of hydrogen-bond acceptors (Lipinski definition) is 7. The smallest absolute Gasteiger partial charge is 0.313 e. The van der Waals surface area contributed by atoms with E-state index in [0.717, 1.165) is 0 Å². The molecule has 5 rings (SSSR count). The predicted octanol–water partition coefficient (Wildman–Crippen LogP) is 1.51. The van der Waals surface area contributed by atoms with E-state index in [4.69, 9.17) is 9.47 Å². The lowest BCUT2D eigenvalue weighted by molar-refractivity contribution is -0.159. The molecule has 0 unspecified atom stereocenters. The second-order valence-electron chi connectivity index (χ2n) is 11.0. The Balaban J connectivity index is 1.55. The van der Waals surface area contributed by atoms with Gasteiger partial charge < -0.3 is 29.7 Å². The van der Waals surface area contributed by atoms with E-state index in [1.165, 1.54) is 4.90 Å². The van der Waals surface area contributed by atoms with E-state index in [9.17, 15) is 24.3 Å². The van der Waals surface area contributed by atoms with E-state index >= 15 is 0 Å². The Morgan fingerprint density at radius 3 is 2.60 bits per heavy atom. The van der Waals surface area contributed by atoms with Gasteiger partial charge in [-0.15, -0.1) is 0 Å². The topological polar surface area (TPSA) is 125 Å². The zero-order valence-corrected chi connectivity index (χ0v) is 22.9. The number of ether oxygens (including phenoxy) is 2. The van der Waals surface area contributed by atoms with Crippen molar-refractivity contribution in [1.82, 2.24) is 15.1 Å². The molecule has 0 aliphatic carbocycles. The first kappa shape index (κ1) is 28.0. The van der Waals surface area contributed by atoms with Crippen LogP contribution in [0.1, 0.15) is 44.8 Å². The van der Waals surface area contributed by atoms with E-state index in [2.05, 4.69) is 5.32 Å². The van der Waals surface area contributed by atoms with Gasteiger partial charge in [0.2, 0.25) is 17.7 Å². The highest BCUT2D eigenvalue weighted by Crippen LogP contribution is 2.55. The third kappa shape index (κ3) is 4.94. The van der Waals surface area contributed by atoms with Crippen molar-refractivity contribution >= 4 is 23.7 Å². The Labute approximate surface area is 234 Å². The number of carbonyl (C=O) groups is 4. The molecule has 10 heteroatoms. The first-order valence-electron chi connectivity index (χ1n) is 14.0. The molecule has 40 heavy (non-hydrogen) atoms. The number of nitrogens with one attached hydrogen (secondary N) is 1. The van der Waals surface area contributed by atoms with Gasteiger partial charge >= 0.3 is 5.97 Å². The van der Waals surface area contributed by atoms with Crippen molar-refractivity contribution in [2.45, 2.75) is 63.0 Å². The summed E-state index contributed by atoms with van der Waals surface area (Å²) in [6, 6.07) is 7.99. The maximum Gasteiger partial charge on any atom is 0.313 e. The fraction of sp³-hybridized carbons (Fsp3) is 0.533. The number of carbonyl (C=O) groups excluding carboxylic acids is 4. The number of benzene rings is 1. The van der Waals surface area contributed by atoms with Crippen molar-refractivity contribution in [2.75, 3.05) is 26.2 Å². The molecule has 4 heterocycles. The van der Waals surface area contributed by atoms with Crippen LogP contribution in [0.5, 0.6) is 0 Å². The minimum absolute atomic E-state index is 0.0843. The average Bonchev–Trinajstić information content (AvgIpc) is 3.58. The van der Waals surface area contributed by atoms with Gasteiger partial charge in [-0.1, -0.05) is 54.6 Å². The summed E-state index contributed by atoms with van der Waals surface area (Å²) in [4.78, 5) is 57.7. The van der Waals surface area contributed by atoms with Gasteiger partial charge in [-0.3, -0.25) is 19.2 Å². The molecule has 10 nitrogen and oxygen atoms in total. The van der Waals surface area contributed by atoms with Crippen LogP contribution in [0.15, 0.2) is 54.6 Å². The quantitative estimate of drug-likeness (QED) is 0.420. The van der Waals surface area contributed by atoms with Gasteiger partial charge in [0.25, 0.3) is 0 Å². The second kappa shape index (κ2) is 11.5. The van der Waals surface area contributed by atoms with E-state index in [1.54, 1.807) is 17.1 Å². The van der Waals surface area contributed by atoms with E-state index in [1.807, 2.05) is 56.3 Å². The molecular formula is C30H37N3O7. The molecule has 1 spiro atoms. The molecule has 1 aromatic carbocycles. The molecule has 6 atom stereocenters. The van der Waals surface area contributed by atoms with Crippen LogP contribution < -0.4 is 5.32 Å². The molecule has 5 bridgehead atoms. The zero-order valence-electron chi connectivity index (χ0n) is 22.9. The largest absolute Gasteiger partial charge is 0.455 e. The van der Waals surface area contributed by atoms with Gasteiger partial charge in [0.1, 0.15) is 23.7 Å². The number of aliphatic hydroxyl groups is 1. The zero-order chi connectivity index (χ0) is 28.4. The number of nitrogens with zero attached hydrogens (tertiary/aromatic N) is 2. The van der Waals surface area contributed by atoms with Crippen LogP contribution in [0, 0.1) is 11.8 Å². The van der Waals surface area contributed by atoms with Gasteiger partial charge in [0.05, 0.1) is 18.6 Å². The van der Waals surface area contributed by atoms with Crippen LogP contribution >= 0.6 is 0 Å². The lowest BCUT2D eigenvalue weighted by Crippen LogP contribution is -2.57. The molecule has 214 valence electrons. The Morgan fingerprint density at radius 1 is 1.10 bits per heavy atom. The number of esters is 1. The first-order chi connectivity index (χ1) is 19.3. The molecule has 2 fully saturated rings. The van der Waals surface area contributed by atoms with Crippen molar-refractivity contribution in [3.05, 3.63) is 60.2 Å². The lowest BCUT2D eigenvalue weighted by atomic mass is 9.74. The Hall–Kier alpha value is -3.50. The lowest BCUT2D eigenvalue weighted by Gasteiger charge is -2.37. The first-order valence-corrected chi connectivity index (χ1v) is 14.0. The van der Waals surface area contributed by atoms with Gasteiger partial charge in [-0.05, 0) is 32.3 Å². The number of cyclic esters (lactones) is 1. The summed E-state index contributed by atoms with van der Waals surface area (Å²) < 4.78 is 12.4. The predicted molar refractivity (Wildman–Crippen MR) is 144 cm³/mol. The summed E-state index contributed by atoms with van der Waals surface area (Å²) in [6.45, 7) is 4.20. The molecule has 3 amide bonds. The van der Waals surface area contributed by atoms with Gasteiger partial charge in [0.15, 0.2) is 0 Å². The summed E-state index contributed by atoms with van der Waals surface area (Å²) in [5, 5.41) is 12.4. The molecule has 2 N–H and O–H groups in total. The summed E-state index contributed by atoms with van der Waals surface area (Å²) in [5.41, 5.74) is -0.592. The maximum absolute atomic E-state index is 14.2. The Bertz CT molecular complexity index is 1200. The standard InChI is InChI=1S/C30H37N3O7/c1-19(2)32-15-8-4-7-12-23(35)31-18-22(20-10-5-3-6-11-20)39-29(38)24-21-13-14-30(40-21)25(24)27(36)33(16-9-17-34)26(30)28(32)37/h3-6,8,10-11,13-14,19,21-22,24-26,34H,7,9,12,15-18H2,1-2H3,(H,31,35)/b8-4-/t21-,22-,24+,25+,26-,30+/m1/s1. The van der Waals surface area contributed by atoms with Crippen molar-refractivity contribution in [2.24, 2.45) is 11.8 Å². The highest BCUT2D eigenvalue weighted by Gasteiger charge is 2.73. The van der Waals surface area contributed by atoms with Crippen molar-refractivity contribution < 1.29 is 33.8 Å². The summed E-state index contributed by atoms with van der Waals surface area (Å²) >= 11 is 0. The molecule has 4 aliphatic heterocycles. The Kier molecular flexibility index (Phi) is 8.09. The summed E-state index contributed by atoms with van der Waals surface area (Å²) in [5.74, 6) is -3.31. The van der Waals surface area contributed by atoms with Gasteiger partial charge in [-0.25, -0.2) is 0 Å². The number of allylic oxidation sites excluding steroid dienone is 1. The van der Waals surface area contributed by atoms with E-state index < -0.39 is 41.7 Å². The maximum atomic E-state index is 14.2. The molecule has 4 aliphatic rings. The number of likely N-dealkylation sites (tertiary alicyclic amines) is 1. The number of amides is 3. The van der Waals surface area contributed by atoms with E-state index in [0.29, 0.717) is 18.5 Å². The molecule has 0 radical (unpaired) electrons. The molecule has 0 aromatic heterocycles. The van der Waals surface area contributed by atoms with Crippen LogP contribution in [0.4, 0.5) is 0 Å². The van der Waals surface area contributed by atoms with Crippen LogP contribution in [-0.4, -0.2) is 88.6 Å². The third-order valence-corrected chi connectivity index (χ3v) is 8.26. The molecule has 1 aromatic rings. The van der Waals surface area contributed by atoms with Crippen molar-refractivity contribution in [1.29, 1.82) is 0 Å². The van der Waals surface area contributed by atoms with Crippen molar-refractivity contribution in [3.8, 4) is 0 Å². The third-order valence-electron chi connectivity index (χ3n) is 8.26.